The molecule has 0 atom stereocenters. The van der Waals surface area contributed by atoms with Gasteiger partial charge in [-0.1, -0.05) is 18.2 Å². The number of ether oxygens (including phenoxy) is 1. The zero-order chi connectivity index (χ0) is 18.5. The summed E-state index contributed by atoms with van der Waals surface area (Å²) in [5.41, 5.74) is 1.26. The second-order valence-electron chi connectivity index (χ2n) is 6.14. The summed E-state index contributed by atoms with van der Waals surface area (Å²) < 4.78 is 32.3. The second kappa shape index (κ2) is 8.42. The first-order valence-electron chi connectivity index (χ1n) is 8.42. The maximum atomic E-state index is 13.8. The summed E-state index contributed by atoms with van der Waals surface area (Å²) in [5, 5.41) is 3.86. The zero-order valence-electron chi connectivity index (χ0n) is 14.5. The van der Waals surface area contributed by atoms with Crippen molar-refractivity contribution in [1.82, 2.24) is 9.80 Å². The van der Waals surface area contributed by atoms with Crippen LogP contribution in [0.15, 0.2) is 42.5 Å². The van der Waals surface area contributed by atoms with E-state index in [0.29, 0.717) is 17.2 Å². The van der Waals surface area contributed by atoms with Crippen LogP contribution in [0.4, 0.5) is 14.5 Å². The van der Waals surface area contributed by atoms with E-state index < -0.39 is 11.6 Å². The highest BCUT2D eigenvalue weighted by molar-refractivity contribution is 7.80. The van der Waals surface area contributed by atoms with Gasteiger partial charge in [0.25, 0.3) is 0 Å². The van der Waals surface area contributed by atoms with Gasteiger partial charge in [-0.15, -0.1) is 0 Å². The molecule has 3 rings (SSSR count). The van der Waals surface area contributed by atoms with Crippen LogP contribution in [-0.4, -0.2) is 48.2 Å². The number of nitrogens with zero attached hydrogens (tertiary/aromatic N) is 2. The quantitative estimate of drug-likeness (QED) is 0.824. The average Bonchev–Trinajstić information content (AvgIpc) is 2.66. The highest BCUT2D eigenvalue weighted by Crippen LogP contribution is 2.18. The SMILES string of the molecule is COc1cccc(NC(=S)N2CCN(Cc3cccc(F)c3F)CC2)c1. The van der Waals surface area contributed by atoms with E-state index in [0.717, 1.165) is 43.7 Å². The second-order valence-corrected chi connectivity index (χ2v) is 6.52. The fraction of sp³-hybridized carbons (Fsp3) is 0.316. The molecule has 1 saturated heterocycles. The summed E-state index contributed by atoms with van der Waals surface area (Å²) in [6.07, 6.45) is 0. The third-order valence-electron chi connectivity index (χ3n) is 4.41. The number of halogens is 2. The predicted octanol–water partition coefficient (Wildman–Crippen LogP) is 3.49. The molecule has 1 heterocycles. The van der Waals surface area contributed by atoms with E-state index in [1.165, 1.54) is 6.07 Å². The monoisotopic (exact) mass is 377 g/mol. The number of rotatable bonds is 4. The van der Waals surface area contributed by atoms with E-state index in [-0.39, 0.29) is 0 Å². The summed E-state index contributed by atoms with van der Waals surface area (Å²) >= 11 is 5.49. The molecule has 0 aliphatic carbocycles. The molecule has 138 valence electrons. The van der Waals surface area contributed by atoms with Crippen molar-refractivity contribution in [1.29, 1.82) is 0 Å². The predicted molar refractivity (Wildman–Crippen MR) is 102 cm³/mol. The van der Waals surface area contributed by atoms with Crippen LogP contribution >= 0.6 is 12.2 Å². The van der Waals surface area contributed by atoms with Gasteiger partial charge in [-0.2, -0.15) is 0 Å². The maximum absolute atomic E-state index is 13.8. The van der Waals surface area contributed by atoms with Crippen LogP contribution in [-0.2, 0) is 6.54 Å². The molecule has 1 N–H and O–H groups in total. The van der Waals surface area contributed by atoms with Crippen LogP contribution < -0.4 is 10.1 Å². The van der Waals surface area contributed by atoms with E-state index >= 15 is 0 Å². The number of piperazine rings is 1. The number of anilines is 1. The van der Waals surface area contributed by atoms with Crippen molar-refractivity contribution in [3.05, 3.63) is 59.7 Å². The van der Waals surface area contributed by atoms with Crippen LogP contribution in [0.1, 0.15) is 5.56 Å². The van der Waals surface area contributed by atoms with Crippen LogP contribution in [0, 0.1) is 11.6 Å². The van der Waals surface area contributed by atoms with E-state index in [1.54, 1.807) is 13.2 Å². The first-order valence-corrected chi connectivity index (χ1v) is 8.83. The first-order chi connectivity index (χ1) is 12.6. The van der Waals surface area contributed by atoms with Crippen molar-refractivity contribution >= 4 is 23.0 Å². The number of hydrogen-bond acceptors (Lipinski definition) is 3. The lowest BCUT2D eigenvalue weighted by atomic mass is 10.2. The molecule has 7 heteroatoms. The highest BCUT2D eigenvalue weighted by atomic mass is 32.1. The topological polar surface area (TPSA) is 27.7 Å². The van der Waals surface area contributed by atoms with Crippen LogP contribution in [0.3, 0.4) is 0 Å². The Bertz CT molecular complexity index is 779. The van der Waals surface area contributed by atoms with Gasteiger partial charge in [0.05, 0.1) is 7.11 Å². The van der Waals surface area contributed by atoms with E-state index in [4.69, 9.17) is 17.0 Å². The molecule has 1 aliphatic rings. The molecule has 0 bridgehead atoms. The van der Waals surface area contributed by atoms with E-state index in [9.17, 15) is 8.78 Å². The maximum Gasteiger partial charge on any atom is 0.173 e. The van der Waals surface area contributed by atoms with Gasteiger partial charge in [0.2, 0.25) is 0 Å². The molecular weight excluding hydrogens is 356 g/mol. The Morgan fingerprint density at radius 1 is 1.12 bits per heavy atom. The average molecular weight is 377 g/mol. The number of benzene rings is 2. The Morgan fingerprint density at radius 3 is 2.58 bits per heavy atom. The number of hydrogen-bond donors (Lipinski definition) is 1. The van der Waals surface area contributed by atoms with E-state index in [2.05, 4.69) is 15.1 Å². The third kappa shape index (κ3) is 4.47. The van der Waals surface area contributed by atoms with Crippen molar-refractivity contribution < 1.29 is 13.5 Å². The van der Waals surface area contributed by atoms with Crippen molar-refractivity contribution in [2.45, 2.75) is 6.54 Å². The zero-order valence-corrected chi connectivity index (χ0v) is 15.4. The lowest BCUT2D eigenvalue weighted by molar-refractivity contribution is 0.175. The molecule has 1 aliphatic heterocycles. The van der Waals surface area contributed by atoms with Gasteiger partial charge in [0.15, 0.2) is 16.7 Å². The minimum Gasteiger partial charge on any atom is -0.497 e. The van der Waals surface area contributed by atoms with Crippen molar-refractivity contribution in [2.75, 3.05) is 38.6 Å². The lowest BCUT2D eigenvalue weighted by Crippen LogP contribution is -2.49. The molecule has 2 aromatic carbocycles. The van der Waals surface area contributed by atoms with Gasteiger partial charge >= 0.3 is 0 Å². The summed E-state index contributed by atoms with van der Waals surface area (Å²) in [4.78, 5) is 4.18. The number of methoxy groups -OCH3 is 1. The Labute approximate surface area is 157 Å². The van der Waals surface area contributed by atoms with Gasteiger partial charge in [0, 0.05) is 50.0 Å². The van der Waals surface area contributed by atoms with Crippen LogP contribution in [0.2, 0.25) is 0 Å². The minimum atomic E-state index is -0.801. The molecule has 0 unspecified atom stereocenters. The molecule has 0 radical (unpaired) electrons. The lowest BCUT2D eigenvalue weighted by Gasteiger charge is -2.36. The molecule has 1 fully saturated rings. The molecule has 2 aromatic rings. The van der Waals surface area contributed by atoms with Crippen molar-refractivity contribution in [2.24, 2.45) is 0 Å². The Morgan fingerprint density at radius 2 is 1.85 bits per heavy atom. The third-order valence-corrected chi connectivity index (χ3v) is 4.77. The summed E-state index contributed by atoms with van der Waals surface area (Å²) in [6.45, 7) is 3.32. The van der Waals surface area contributed by atoms with Crippen LogP contribution in [0.25, 0.3) is 0 Å². The normalized spacial score (nSPS) is 15.0. The number of thiocarbonyl (C=S) groups is 1. The molecule has 0 amide bonds. The van der Waals surface area contributed by atoms with Gasteiger partial charge < -0.3 is 15.0 Å². The van der Waals surface area contributed by atoms with Crippen LogP contribution in [0.5, 0.6) is 5.75 Å². The number of nitrogens with one attached hydrogen (secondary N) is 1. The first kappa shape index (κ1) is 18.5. The molecule has 0 aromatic heterocycles. The van der Waals surface area contributed by atoms with Gasteiger partial charge in [0.1, 0.15) is 5.75 Å². The minimum absolute atomic E-state index is 0.385. The van der Waals surface area contributed by atoms with E-state index in [1.807, 2.05) is 24.3 Å². The molecule has 0 spiro atoms. The molecule has 26 heavy (non-hydrogen) atoms. The summed E-state index contributed by atoms with van der Waals surface area (Å²) in [7, 11) is 1.62. The fourth-order valence-corrected chi connectivity index (χ4v) is 3.22. The molecular formula is C19H21F2N3OS. The molecule has 4 nitrogen and oxygen atoms in total. The van der Waals surface area contributed by atoms with Gasteiger partial charge in [-0.25, -0.2) is 8.78 Å². The summed E-state index contributed by atoms with van der Waals surface area (Å²) in [6, 6.07) is 11.9. The van der Waals surface area contributed by atoms with Gasteiger partial charge in [-0.05, 0) is 30.4 Å². The van der Waals surface area contributed by atoms with Crippen molar-refractivity contribution in [3.63, 3.8) is 0 Å². The highest BCUT2D eigenvalue weighted by Gasteiger charge is 2.20. The largest absolute Gasteiger partial charge is 0.497 e. The Balaban J connectivity index is 1.53. The van der Waals surface area contributed by atoms with Crippen molar-refractivity contribution in [3.8, 4) is 5.75 Å². The Hall–Kier alpha value is -2.25. The van der Waals surface area contributed by atoms with Gasteiger partial charge in [-0.3, -0.25) is 4.90 Å². The summed E-state index contributed by atoms with van der Waals surface area (Å²) in [5.74, 6) is -0.797. The fourth-order valence-electron chi connectivity index (χ4n) is 2.92. The Kier molecular flexibility index (Phi) is 6.00. The standard InChI is InChI=1S/C19H21F2N3OS/c1-25-16-6-3-5-15(12-16)22-19(26)24-10-8-23(9-11-24)13-14-4-2-7-17(20)18(14)21/h2-7,12H,8-11,13H2,1H3,(H,22,26). The molecule has 0 saturated carbocycles. The smallest absolute Gasteiger partial charge is 0.173 e.